The third kappa shape index (κ3) is 3.41. The molecule has 17 heavy (non-hydrogen) atoms. The van der Waals surface area contributed by atoms with Gasteiger partial charge >= 0.3 is 0 Å². The minimum absolute atomic E-state index is 0.123. The van der Waals surface area contributed by atoms with E-state index >= 15 is 0 Å². The predicted octanol–water partition coefficient (Wildman–Crippen LogP) is 2.34. The molecule has 1 saturated heterocycles. The van der Waals surface area contributed by atoms with Gasteiger partial charge in [0.05, 0.1) is 10.9 Å². The van der Waals surface area contributed by atoms with Crippen LogP contribution in [0, 0.1) is 11.3 Å². The summed E-state index contributed by atoms with van der Waals surface area (Å²) in [4.78, 5) is 14.5. The lowest BCUT2D eigenvalue weighted by atomic mass is 9.78. The number of hydrogen-bond donors (Lipinski definition) is 1. The lowest BCUT2D eigenvalue weighted by Crippen LogP contribution is -2.46. The van der Waals surface area contributed by atoms with Crippen LogP contribution in [-0.2, 0) is 4.79 Å². The number of likely N-dealkylation sites (tertiary alicyclic amines) is 1. The van der Waals surface area contributed by atoms with E-state index in [9.17, 15) is 4.79 Å². The second-order valence-corrected chi connectivity index (χ2v) is 5.82. The average molecular weight is 256 g/mol. The Kier molecular flexibility index (Phi) is 4.92. The highest BCUT2D eigenvalue weighted by Gasteiger charge is 2.33. The van der Waals surface area contributed by atoms with Crippen LogP contribution in [-0.4, -0.2) is 28.9 Å². The molecule has 98 valence electrons. The van der Waals surface area contributed by atoms with Gasteiger partial charge in [-0.05, 0) is 24.7 Å². The zero-order chi connectivity index (χ0) is 13.1. The molecule has 1 heterocycles. The monoisotopic (exact) mass is 256 g/mol. The van der Waals surface area contributed by atoms with Gasteiger partial charge in [0, 0.05) is 13.1 Å². The largest absolute Gasteiger partial charge is 0.393 e. The first-order chi connectivity index (χ1) is 7.93. The van der Waals surface area contributed by atoms with Crippen molar-refractivity contribution in [2.45, 2.75) is 46.5 Å². The minimum atomic E-state index is -0.268. The molecule has 1 atom stereocenters. The van der Waals surface area contributed by atoms with E-state index in [0.717, 1.165) is 25.9 Å². The molecule has 1 fully saturated rings. The molecule has 3 nitrogen and oxygen atoms in total. The molecule has 1 aliphatic heterocycles. The van der Waals surface area contributed by atoms with E-state index < -0.39 is 0 Å². The highest BCUT2D eigenvalue weighted by Crippen LogP contribution is 2.34. The van der Waals surface area contributed by atoms with Crippen LogP contribution < -0.4 is 5.73 Å². The molecule has 1 aliphatic rings. The summed E-state index contributed by atoms with van der Waals surface area (Å²) < 4.78 is 0. The summed E-state index contributed by atoms with van der Waals surface area (Å²) in [5.74, 6) is -0.144. The van der Waals surface area contributed by atoms with Crippen molar-refractivity contribution in [1.29, 1.82) is 0 Å². The molecule has 1 rings (SSSR count). The van der Waals surface area contributed by atoms with Crippen molar-refractivity contribution in [3.63, 3.8) is 0 Å². The van der Waals surface area contributed by atoms with Gasteiger partial charge in [0.15, 0.2) is 0 Å². The van der Waals surface area contributed by atoms with E-state index in [4.69, 9.17) is 18.0 Å². The number of nitrogens with zero attached hydrogens (tertiary/aromatic N) is 1. The van der Waals surface area contributed by atoms with Crippen molar-refractivity contribution in [3.05, 3.63) is 0 Å². The zero-order valence-electron chi connectivity index (χ0n) is 11.2. The molecular weight excluding hydrogens is 232 g/mol. The molecule has 0 aliphatic carbocycles. The third-order valence-corrected chi connectivity index (χ3v) is 4.47. The van der Waals surface area contributed by atoms with Gasteiger partial charge in [-0.15, -0.1) is 0 Å². The Labute approximate surface area is 110 Å². The SMILES string of the molecule is CCC(C(=O)N1CCC(C)(CC)CC1)C(N)=S. The topological polar surface area (TPSA) is 46.3 Å². The lowest BCUT2D eigenvalue weighted by molar-refractivity contribution is -0.135. The van der Waals surface area contributed by atoms with Crippen LogP contribution in [0.1, 0.15) is 46.5 Å². The summed E-state index contributed by atoms with van der Waals surface area (Å²) in [5.41, 5.74) is 6.02. The summed E-state index contributed by atoms with van der Waals surface area (Å²) in [6, 6.07) is 0. The first-order valence-corrected chi connectivity index (χ1v) is 6.92. The maximum Gasteiger partial charge on any atom is 0.232 e. The molecule has 0 radical (unpaired) electrons. The standard InChI is InChI=1S/C13H24N2OS/c1-4-10(11(14)17)12(16)15-8-6-13(3,5-2)7-9-15/h10H,4-9H2,1-3H3,(H2,14,17). The number of amides is 1. The van der Waals surface area contributed by atoms with Crippen molar-refractivity contribution in [3.8, 4) is 0 Å². The van der Waals surface area contributed by atoms with Crippen molar-refractivity contribution in [1.82, 2.24) is 4.90 Å². The second-order valence-electron chi connectivity index (χ2n) is 5.35. The number of thiocarbonyl (C=S) groups is 1. The summed E-state index contributed by atoms with van der Waals surface area (Å²) in [6.07, 6.45) is 4.06. The molecule has 1 unspecified atom stereocenters. The Morgan fingerprint density at radius 2 is 1.94 bits per heavy atom. The molecule has 4 heteroatoms. The highest BCUT2D eigenvalue weighted by atomic mass is 32.1. The Hall–Kier alpha value is -0.640. The van der Waals surface area contributed by atoms with Gasteiger partial charge in [-0.1, -0.05) is 39.4 Å². The van der Waals surface area contributed by atoms with E-state index in [0.29, 0.717) is 16.8 Å². The van der Waals surface area contributed by atoms with E-state index in [1.807, 2.05) is 11.8 Å². The number of carbonyl (C=O) groups excluding carboxylic acids is 1. The Bertz CT molecular complexity index is 296. The smallest absolute Gasteiger partial charge is 0.232 e. The number of hydrogen-bond acceptors (Lipinski definition) is 2. The van der Waals surface area contributed by atoms with Gasteiger partial charge in [-0.25, -0.2) is 0 Å². The van der Waals surface area contributed by atoms with Crippen LogP contribution >= 0.6 is 12.2 Å². The van der Waals surface area contributed by atoms with Crippen LogP contribution in [0.25, 0.3) is 0 Å². The van der Waals surface area contributed by atoms with E-state index in [2.05, 4.69) is 13.8 Å². The predicted molar refractivity (Wildman–Crippen MR) is 74.8 cm³/mol. The summed E-state index contributed by atoms with van der Waals surface area (Å²) in [6.45, 7) is 8.19. The van der Waals surface area contributed by atoms with E-state index in [1.54, 1.807) is 0 Å². The molecule has 0 aromatic heterocycles. The van der Waals surface area contributed by atoms with Gasteiger partial charge in [-0.2, -0.15) is 0 Å². The minimum Gasteiger partial charge on any atom is -0.393 e. The molecule has 2 N–H and O–H groups in total. The van der Waals surface area contributed by atoms with Gasteiger partial charge in [-0.3, -0.25) is 4.79 Å². The molecule has 1 amide bonds. The molecule has 0 bridgehead atoms. The van der Waals surface area contributed by atoms with Crippen molar-refractivity contribution >= 4 is 23.1 Å². The summed E-state index contributed by atoms with van der Waals surface area (Å²) in [7, 11) is 0. The van der Waals surface area contributed by atoms with Gasteiger partial charge < -0.3 is 10.6 Å². The first-order valence-electron chi connectivity index (χ1n) is 6.51. The maximum atomic E-state index is 12.2. The summed E-state index contributed by atoms with van der Waals surface area (Å²) >= 11 is 4.96. The highest BCUT2D eigenvalue weighted by molar-refractivity contribution is 7.80. The maximum absolute atomic E-state index is 12.2. The van der Waals surface area contributed by atoms with Gasteiger partial charge in [0.2, 0.25) is 5.91 Å². The van der Waals surface area contributed by atoms with Gasteiger partial charge in [0.1, 0.15) is 0 Å². The van der Waals surface area contributed by atoms with Crippen molar-refractivity contribution < 1.29 is 4.79 Å². The van der Waals surface area contributed by atoms with Crippen LogP contribution in [0.15, 0.2) is 0 Å². The van der Waals surface area contributed by atoms with E-state index in [1.165, 1.54) is 6.42 Å². The zero-order valence-corrected chi connectivity index (χ0v) is 12.0. The third-order valence-electron chi connectivity index (χ3n) is 4.19. The lowest BCUT2D eigenvalue weighted by Gasteiger charge is -2.40. The molecule has 0 spiro atoms. The molecule has 0 aromatic rings. The molecule has 0 saturated carbocycles. The number of piperidine rings is 1. The number of carbonyl (C=O) groups is 1. The Morgan fingerprint density at radius 1 is 1.41 bits per heavy atom. The molecule has 0 aromatic carbocycles. The van der Waals surface area contributed by atoms with Crippen LogP contribution in [0.5, 0.6) is 0 Å². The normalized spacial score (nSPS) is 21.0. The first kappa shape index (κ1) is 14.4. The average Bonchev–Trinajstić information content (AvgIpc) is 2.30. The van der Waals surface area contributed by atoms with Crippen LogP contribution in [0.4, 0.5) is 0 Å². The fraction of sp³-hybridized carbons (Fsp3) is 0.846. The van der Waals surface area contributed by atoms with Crippen molar-refractivity contribution in [2.75, 3.05) is 13.1 Å². The fourth-order valence-electron chi connectivity index (χ4n) is 2.34. The number of rotatable bonds is 4. The second kappa shape index (κ2) is 5.80. The van der Waals surface area contributed by atoms with E-state index in [-0.39, 0.29) is 11.8 Å². The summed E-state index contributed by atoms with van der Waals surface area (Å²) in [5, 5.41) is 0. The van der Waals surface area contributed by atoms with Crippen molar-refractivity contribution in [2.24, 2.45) is 17.1 Å². The quantitative estimate of drug-likeness (QED) is 0.785. The van der Waals surface area contributed by atoms with Gasteiger partial charge in [0.25, 0.3) is 0 Å². The number of nitrogens with two attached hydrogens (primary N) is 1. The Morgan fingerprint density at radius 3 is 2.29 bits per heavy atom. The van der Waals surface area contributed by atoms with Crippen LogP contribution in [0.3, 0.4) is 0 Å². The fourth-order valence-corrected chi connectivity index (χ4v) is 2.61. The van der Waals surface area contributed by atoms with Crippen LogP contribution in [0.2, 0.25) is 0 Å². The Balaban J connectivity index is 2.59. The molecular formula is C13H24N2OS.